The Kier molecular flexibility index (Phi) is 9.73. The molecule has 0 fully saturated rings. The van der Waals surface area contributed by atoms with E-state index in [1.807, 2.05) is 31.3 Å². The second-order valence-corrected chi connectivity index (χ2v) is 10.2. The number of anilines is 1. The number of hydrogen-bond acceptors (Lipinski definition) is 4. The number of aryl methyl sites for hydroxylation is 3. The first-order valence-corrected chi connectivity index (χ1v) is 13.7. The number of methoxy groups -OCH3 is 3. The fourth-order valence-corrected chi connectivity index (χ4v) is 4.83. The van der Waals surface area contributed by atoms with Crippen molar-refractivity contribution in [3.63, 3.8) is 0 Å². The van der Waals surface area contributed by atoms with Crippen LogP contribution in [0.4, 0.5) is 19.0 Å². The van der Waals surface area contributed by atoms with Crippen molar-refractivity contribution in [2.24, 2.45) is 0 Å². The maximum Gasteiger partial charge on any atom is 0.422 e. The number of para-hydroxylation sites is 1. The lowest BCUT2D eigenvalue weighted by Crippen LogP contribution is -2.16. The molecule has 7 nitrogen and oxygen atoms in total. The number of pyridine rings is 3. The minimum absolute atomic E-state index is 0.0526. The van der Waals surface area contributed by atoms with Crippen LogP contribution < -0.4 is 34.9 Å². The summed E-state index contributed by atoms with van der Waals surface area (Å²) in [5, 5.41) is 2.59. The fourth-order valence-electron chi connectivity index (χ4n) is 4.83. The number of nitrogens with one attached hydrogen (secondary N) is 3. The van der Waals surface area contributed by atoms with Crippen LogP contribution in [-0.2, 0) is 6.18 Å². The Bertz CT molecular complexity index is 1920. The molecule has 6 rings (SSSR count). The van der Waals surface area contributed by atoms with Crippen molar-refractivity contribution >= 4 is 38.5 Å². The van der Waals surface area contributed by atoms with Crippen LogP contribution in [-0.4, -0.2) is 21.3 Å². The highest BCUT2D eigenvalue weighted by Gasteiger charge is 2.36. The topological polar surface area (TPSA) is 96.1 Å². The number of ether oxygens (including phenoxy) is 3. The molecular weight excluding hydrogens is 569 g/mol. The molecule has 3 heterocycles. The number of nitrogens with two attached hydrogens (primary N) is 1. The smallest absolute Gasteiger partial charge is 0.422 e. The van der Waals surface area contributed by atoms with Gasteiger partial charge in [-0.1, -0.05) is 18.2 Å². The second kappa shape index (κ2) is 13.5. The van der Waals surface area contributed by atoms with E-state index in [2.05, 4.69) is 46.1 Å². The molecule has 0 saturated carbocycles. The lowest BCUT2D eigenvalue weighted by atomic mass is 10.1. The number of fused-ring (bicyclic) bond motifs is 3. The van der Waals surface area contributed by atoms with E-state index in [1.165, 1.54) is 24.3 Å². The summed E-state index contributed by atoms with van der Waals surface area (Å²) < 4.78 is 54.1. The minimum Gasteiger partial charge on any atom is -0.496 e. The second-order valence-electron chi connectivity index (χ2n) is 10.2. The third-order valence-electron chi connectivity index (χ3n) is 6.89. The van der Waals surface area contributed by atoms with Gasteiger partial charge in [0, 0.05) is 25.1 Å². The minimum atomic E-state index is -4.38. The standard InChI is InChI=1S/C12H10F3NO.C11H12N2O.C11H11NO/c1-7-6-10(17-2)8-4-3-5-9(11(8)16-7)12(13,14)15;1-7-3-4-8-9(5-7)13-11(12)6-10(8)14-2;1-8-3-4-9-10(7-8)12-6-5-11(9)13-2/h3-6H,1-2H3;3-6H,1-2H3,(H2,12,13);3-7H,1-2H3/p+3. The number of nitrogen functional groups attached to an aromatic ring is 1. The first-order valence-electron chi connectivity index (χ1n) is 13.7. The number of aromatic nitrogens is 3. The van der Waals surface area contributed by atoms with Gasteiger partial charge in [0.05, 0.1) is 43.6 Å². The predicted octanol–water partition coefficient (Wildman–Crippen LogP) is 6.51. The van der Waals surface area contributed by atoms with Crippen LogP contribution in [0.25, 0.3) is 32.7 Å². The molecule has 3 aromatic heterocycles. The Morgan fingerprint density at radius 3 is 1.84 bits per heavy atom. The molecule has 0 aliphatic rings. The van der Waals surface area contributed by atoms with Gasteiger partial charge in [-0.25, -0.2) is 15.0 Å². The molecule has 228 valence electrons. The third-order valence-corrected chi connectivity index (χ3v) is 6.89. The number of alkyl halides is 3. The molecular formula is C34H36F3N4O3+3. The monoisotopic (exact) mass is 605 g/mol. The van der Waals surface area contributed by atoms with Crippen LogP contribution in [0.15, 0.2) is 79.0 Å². The summed E-state index contributed by atoms with van der Waals surface area (Å²) in [5.41, 5.74) is 10.3. The maximum absolute atomic E-state index is 12.8. The van der Waals surface area contributed by atoms with Gasteiger partial charge in [-0.05, 0) is 55.3 Å². The number of hydrogen-bond donors (Lipinski definition) is 1. The lowest BCUT2D eigenvalue weighted by Gasteiger charge is -2.08. The van der Waals surface area contributed by atoms with Gasteiger partial charge >= 0.3 is 6.18 Å². The van der Waals surface area contributed by atoms with E-state index in [0.717, 1.165) is 39.4 Å². The van der Waals surface area contributed by atoms with Crippen LogP contribution in [0.3, 0.4) is 0 Å². The molecule has 6 aromatic rings. The highest BCUT2D eigenvalue weighted by molar-refractivity contribution is 5.86. The Morgan fingerprint density at radius 1 is 0.636 bits per heavy atom. The van der Waals surface area contributed by atoms with E-state index >= 15 is 0 Å². The van der Waals surface area contributed by atoms with Gasteiger partial charge in [-0.2, -0.15) is 13.2 Å². The number of rotatable bonds is 3. The molecule has 44 heavy (non-hydrogen) atoms. The zero-order valence-corrected chi connectivity index (χ0v) is 25.4. The van der Waals surface area contributed by atoms with Gasteiger partial charge in [0.2, 0.25) is 11.0 Å². The average Bonchev–Trinajstić information content (AvgIpc) is 2.99. The number of benzene rings is 3. The normalized spacial score (nSPS) is 10.9. The van der Waals surface area contributed by atoms with E-state index in [4.69, 9.17) is 19.9 Å². The van der Waals surface area contributed by atoms with Crippen LogP contribution in [0.1, 0.15) is 22.4 Å². The Hall–Kier alpha value is -5.12. The molecule has 0 saturated heterocycles. The van der Waals surface area contributed by atoms with Gasteiger partial charge in [0.25, 0.3) is 5.82 Å². The van der Waals surface area contributed by atoms with Gasteiger partial charge in [-0.15, -0.1) is 0 Å². The van der Waals surface area contributed by atoms with Crippen LogP contribution in [0, 0.1) is 20.8 Å². The van der Waals surface area contributed by atoms with Crippen LogP contribution >= 0.6 is 0 Å². The van der Waals surface area contributed by atoms with Crippen molar-refractivity contribution in [2.75, 3.05) is 27.1 Å². The number of H-pyrrole nitrogens is 3. The van der Waals surface area contributed by atoms with Crippen LogP contribution in [0.2, 0.25) is 0 Å². The van der Waals surface area contributed by atoms with E-state index in [1.54, 1.807) is 39.3 Å². The van der Waals surface area contributed by atoms with Gasteiger partial charge < -0.3 is 14.2 Å². The van der Waals surface area contributed by atoms with E-state index in [-0.39, 0.29) is 5.52 Å². The highest BCUT2D eigenvalue weighted by Crippen LogP contribution is 2.35. The third kappa shape index (κ3) is 7.26. The summed E-state index contributed by atoms with van der Waals surface area (Å²) in [4.78, 5) is 9.03. The molecule has 3 aromatic carbocycles. The zero-order valence-electron chi connectivity index (χ0n) is 25.4. The molecule has 5 N–H and O–H groups in total. The summed E-state index contributed by atoms with van der Waals surface area (Å²) in [6, 6.07) is 21.8. The largest absolute Gasteiger partial charge is 0.496 e. The molecule has 0 amide bonds. The van der Waals surface area contributed by atoms with Gasteiger partial charge in [0.1, 0.15) is 28.3 Å². The summed E-state index contributed by atoms with van der Waals surface area (Å²) in [6.45, 7) is 5.81. The molecule has 0 aliphatic heterocycles. The summed E-state index contributed by atoms with van der Waals surface area (Å²) >= 11 is 0. The number of halogens is 3. The van der Waals surface area contributed by atoms with E-state index in [0.29, 0.717) is 22.6 Å². The van der Waals surface area contributed by atoms with E-state index < -0.39 is 11.7 Å². The first kappa shape index (κ1) is 31.8. The molecule has 10 heteroatoms. The van der Waals surface area contributed by atoms with E-state index in [9.17, 15) is 13.2 Å². The van der Waals surface area contributed by atoms with Crippen molar-refractivity contribution in [3.05, 3.63) is 101 Å². The quantitative estimate of drug-likeness (QED) is 0.249. The highest BCUT2D eigenvalue weighted by atomic mass is 19.4. The van der Waals surface area contributed by atoms with Crippen molar-refractivity contribution in [1.29, 1.82) is 0 Å². The predicted molar refractivity (Wildman–Crippen MR) is 165 cm³/mol. The Labute approximate surface area is 253 Å². The SMILES string of the molecule is COc1cc(C)[nH+]c2c(C(F)(F)F)cccc12.COc1cc(N)[nH+]c2cc(C)ccc12.COc1cc[nH+]c2cc(C)ccc12. The Morgan fingerprint density at radius 2 is 1.23 bits per heavy atom. The molecule has 0 atom stereocenters. The van der Waals surface area contributed by atoms with Crippen molar-refractivity contribution in [1.82, 2.24) is 0 Å². The fraction of sp³-hybridized carbons (Fsp3) is 0.206. The van der Waals surface area contributed by atoms with Crippen LogP contribution in [0.5, 0.6) is 17.2 Å². The Balaban J connectivity index is 0.000000152. The molecule has 0 unspecified atom stereocenters. The zero-order chi connectivity index (χ0) is 32.0. The van der Waals surface area contributed by atoms with Crippen molar-refractivity contribution in [3.8, 4) is 17.2 Å². The van der Waals surface area contributed by atoms with Crippen molar-refractivity contribution in [2.45, 2.75) is 26.9 Å². The molecule has 0 bridgehead atoms. The van der Waals surface area contributed by atoms with Crippen molar-refractivity contribution < 1.29 is 42.3 Å². The summed E-state index contributed by atoms with van der Waals surface area (Å²) in [5.74, 6) is 2.76. The summed E-state index contributed by atoms with van der Waals surface area (Å²) in [6.07, 6.45) is -2.49. The molecule has 0 radical (unpaired) electrons. The lowest BCUT2D eigenvalue weighted by molar-refractivity contribution is -0.357. The molecule has 0 aliphatic carbocycles. The summed E-state index contributed by atoms with van der Waals surface area (Å²) in [7, 11) is 4.77. The van der Waals surface area contributed by atoms with Gasteiger partial charge in [0.15, 0.2) is 11.9 Å². The number of aromatic amines is 3. The average molecular weight is 606 g/mol. The first-order chi connectivity index (χ1) is 20.9. The maximum atomic E-state index is 12.8. The molecule has 0 spiro atoms. The van der Waals surface area contributed by atoms with Gasteiger partial charge in [-0.3, -0.25) is 5.73 Å².